The summed E-state index contributed by atoms with van der Waals surface area (Å²) in [5, 5.41) is 0. The largest absolute Gasteiger partial charge is 0.369 e. The standard InChI is InChI=1S/C14H18F2N2O2/c1-9(2)6-18(8-14(17)20)7-13(19)10-3-4-11(15)12(16)5-10/h3-5,9H,6-8H2,1-2H3,(H2,17,20). The topological polar surface area (TPSA) is 63.4 Å². The predicted molar refractivity (Wildman–Crippen MR) is 71.2 cm³/mol. The zero-order valence-corrected chi connectivity index (χ0v) is 11.5. The summed E-state index contributed by atoms with van der Waals surface area (Å²) in [6.45, 7) is 4.28. The molecule has 2 N–H and O–H groups in total. The number of carbonyl (C=O) groups excluding carboxylic acids is 2. The summed E-state index contributed by atoms with van der Waals surface area (Å²) >= 11 is 0. The molecule has 0 aromatic heterocycles. The van der Waals surface area contributed by atoms with Crippen LogP contribution in [0.3, 0.4) is 0 Å². The number of primary amides is 1. The molecule has 1 amide bonds. The van der Waals surface area contributed by atoms with Gasteiger partial charge in [0.25, 0.3) is 0 Å². The van der Waals surface area contributed by atoms with E-state index in [4.69, 9.17) is 5.73 Å². The third-order valence-electron chi connectivity index (χ3n) is 2.61. The Hall–Kier alpha value is -1.82. The maximum absolute atomic E-state index is 13.1. The molecule has 0 saturated carbocycles. The number of hydrogen-bond acceptors (Lipinski definition) is 3. The number of rotatable bonds is 7. The van der Waals surface area contributed by atoms with Gasteiger partial charge in [-0.25, -0.2) is 8.78 Å². The van der Waals surface area contributed by atoms with Crippen molar-refractivity contribution >= 4 is 11.7 Å². The minimum atomic E-state index is -1.07. The predicted octanol–water partition coefficient (Wildman–Crippen LogP) is 1.59. The highest BCUT2D eigenvalue weighted by atomic mass is 19.2. The summed E-state index contributed by atoms with van der Waals surface area (Å²) < 4.78 is 25.9. The zero-order valence-electron chi connectivity index (χ0n) is 11.5. The maximum Gasteiger partial charge on any atom is 0.231 e. The van der Waals surface area contributed by atoms with Gasteiger partial charge in [0.15, 0.2) is 17.4 Å². The lowest BCUT2D eigenvalue weighted by Crippen LogP contribution is -2.39. The van der Waals surface area contributed by atoms with Crippen LogP contribution >= 0.6 is 0 Å². The van der Waals surface area contributed by atoms with Gasteiger partial charge in [0.05, 0.1) is 13.1 Å². The average molecular weight is 284 g/mol. The van der Waals surface area contributed by atoms with Gasteiger partial charge in [-0.05, 0) is 24.1 Å². The number of nitrogens with zero attached hydrogens (tertiary/aromatic N) is 1. The average Bonchev–Trinajstić information content (AvgIpc) is 2.30. The summed E-state index contributed by atoms with van der Waals surface area (Å²) in [6, 6.07) is 2.98. The van der Waals surface area contributed by atoms with Gasteiger partial charge in [0.1, 0.15) is 0 Å². The maximum atomic E-state index is 13.1. The molecule has 1 aromatic rings. The molecule has 110 valence electrons. The molecule has 0 bridgehead atoms. The number of nitrogens with two attached hydrogens (primary N) is 1. The number of carbonyl (C=O) groups is 2. The number of Topliss-reactive ketones (excluding diaryl/α,β-unsaturated/α-hetero) is 1. The monoisotopic (exact) mass is 284 g/mol. The van der Waals surface area contributed by atoms with E-state index in [2.05, 4.69) is 0 Å². The van der Waals surface area contributed by atoms with Crippen molar-refractivity contribution < 1.29 is 18.4 Å². The fourth-order valence-corrected chi connectivity index (χ4v) is 1.89. The van der Waals surface area contributed by atoms with Crippen LogP contribution in [-0.2, 0) is 4.79 Å². The Bertz CT molecular complexity index is 504. The van der Waals surface area contributed by atoms with Crippen molar-refractivity contribution in [2.75, 3.05) is 19.6 Å². The van der Waals surface area contributed by atoms with Crippen molar-refractivity contribution in [2.45, 2.75) is 13.8 Å². The van der Waals surface area contributed by atoms with Gasteiger partial charge in [-0.15, -0.1) is 0 Å². The van der Waals surface area contributed by atoms with Gasteiger partial charge in [-0.2, -0.15) is 0 Å². The molecule has 0 aliphatic rings. The van der Waals surface area contributed by atoms with Crippen LogP contribution in [0, 0.1) is 17.6 Å². The van der Waals surface area contributed by atoms with Gasteiger partial charge in [-0.3, -0.25) is 14.5 Å². The Kier molecular flexibility index (Phi) is 5.76. The molecule has 0 unspecified atom stereocenters. The SMILES string of the molecule is CC(C)CN(CC(N)=O)CC(=O)c1ccc(F)c(F)c1. The van der Waals surface area contributed by atoms with Gasteiger partial charge < -0.3 is 5.73 Å². The summed E-state index contributed by atoms with van der Waals surface area (Å²) in [5.41, 5.74) is 5.20. The van der Waals surface area contributed by atoms with E-state index >= 15 is 0 Å². The normalized spacial score (nSPS) is 11.1. The first kappa shape index (κ1) is 16.2. The molecule has 6 heteroatoms. The van der Waals surface area contributed by atoms with E-state index in [1.54, 1.807) is 4.90 Å². The van der Waals surface area contributed by atoms with E-state index in [0.29, 0.717) is 6.54 Å². The molecular formula is C14H18F2N2O2. The summed E-state index contributed by atoms with van der Waals surface area (Å²) in [7, 11) is 0. The Morgan fingerprint density at radius 2 is 1.85 bits per heavy atom. The van der Waals surface area contributed by atoms with Crippen molar-refractivity contribution in [3.63, 3.8) is 0 Å². The Morgan fingerprint density at radius 3 is 2.35 bits per heavy atom. The third kappa shape index (κ3) is 5.05. The van der Waals surface area contributed by atoms with Crippen LogP contribution in [0.1, 0.15) is 24.2 Å². The van der Waals surface area contributed by atoms with Crippen LogP contribution in [0.25, 0.3) is 0 Å². The van der Waals surface area contributed by atoms with E-state index in [1.807, 2.05) is 13.8 Å². The van der Waals surface area contributed by atoms with Gasteiger partial charge in [-0.1, -0.05) is 13.8 Å². The molecule has 0 spiro atoms. The molecule has 20 heavy (non-hydrogen) atoms. The van der Waals surface area contributed by atoms with Crippen molar-refractivity contribution in [3.8, 4) is 0 Å². The van der Waals surface area contributed by atoms with Crippen LogP contribution in [-0.4, -0.2) is 36.2 Å². The van der Waals surface area contributed by atoms with Crippen LogP contribution < -0.4 is 5.73 Å². The third-order valence-corrected chi connectivity index (χ3v) is 2.61. The number of halogens is 2. The van der Waals surface area contributed by atoms with E-state index in [1.165, 1.54) is 6.07 Å². The molecule has 0 aliphatic carbocycles. The van der Waals surface area contributed by atoms with Crippen molar-refractivity contribution in [1.82, 2.24) is 4.90 Å². The molecule has 0 fully saturated rings. The number of benzene rings is 1. The lowest BCUT2D eigenvalue weighted by molar-refractivity contribution is -0.119. The molecule has 1 rings (SSSR count). The van der Waals surface area contributed by atoms with Gasteiger partial charge in [0.2, 0.25) is 5.91 Å². The first-order valence-corrected chi connectivity index (χ1v) is 6.28. The minimum Gasteiger partial charge on any atom is -0.369 e. The second kappa shape index (κ2) is 7.09. The fourth-order valence-electron chi connectivity index (χ4n) is 1.89. The second-order valence-electron chi connectivity index (χ2n) is 5.08. The molecule has 0 heterocycles. The van der Waals surface area contributed by atoms with E-state index in [0.717, 1.165) is 12.1 Å². The molecular weight excluding hydrogens is 266 g/mol. The van der Waals surface area contributed by atoms with E-state index in [-0.39, 0.29) is 30.4 Å². The first-order valence-electron chi connectivity index (χ1n) is 6.28. The number of hydrogen-bond donors (Lipinski definition) is 1. The molecule has 0 saturated heterocycles. The van der Waals surface area contributed by atoms with Crippen LogP contribution in [0.4, 0.5) is 8.78 Å². The Morgan fingerprint density at radius 1 is 1.20 bits per heavy atom. The van der Waals surface area contributed by atoms with E-state index < -0.39 is 17.5 Å². The van der Waals surface area contributed by atoms with Gasteiger partial charge >= 0.3 is 0 Å². The number of ketones is 1. The lowest BCUT2D eigenvalue weighted by atomic mass is 10.1. The van der Waals surface area contributed by atoms with Crippen LogP contribution in [0.2, 0.25) is 0 Å². The second-order valence-corrected chi connectivity index (χ2v) is 5.08. The zero-order chi connectivity index (χ0) is 15.3. The van der Waals surface area contributed by atoms with E-state index in [9.17, 15) is 18.4 Å². The van der Waals surface area contributed by atoms with Crippen molar-refractivity contribution in [1.29, 1.82) is 0 Å². The highest BCUT2D eigenvalue weighted by Gasteiger charge is 2.16. The molecule has 1 aromatic carbocycles. The highest BCUT2D eigenvalue weighted by Crippen LogP contribution is 2.10. The fraction of sp³-hybridized carbons (Fsp3) is 0.429. The van der Waals surface area contributed by atoms with Crippen molar-refractivity contribution in [2.24, 2.45) is 11.7 Å². The number of amides is 1. The van der Waals surface area contributed by atoms with Crippen LogP contribution in [0.5, 0.6) is 0 Å². The lowest BCUT2D eigenvalue weighted by Gasteiger charge is -2.21. The molecule has 0 atom stereocenters. The first-order chi connectivity index (χ1) is 9.29. The summed E-state index contributed by atoms with van der Waals surface area (Å²) in [6.07, 6.45) is 0. The van der Waals surface area contributed by atoms with Crippen LogP contribution in [0.15, 0.2) is 18.2 Å². The summed E-state index contributed by atoms with van der Waals surface area (Å²) in [4.78, 5) is 24.6. The quantitative estimate of drug-likeness (QED) is 0.773. The highest BCUT2D eigenvalue weighted by molar-refractivity contribution is 5.97. The smallest absolute Gasteiger partial charge is 0.231 e. The molecule has 4 nitrogen and oxygen atoms in total. The summed E-state index contributed by atoms with van der Waals surface area (Å²) in [5.74, 6) is -2.75. The Balaban J connectivity index is 2.78. The van der Waals surface area contributed by atoms with Crippen molar-refractivity contribution in [3.05, 3.63) is 35.4 Å². The Labute approximate surface area is 116 Å². The molecule has 0 aliphatic heterocycles. The molecule has 0 radical (unpaired) electrons. The van der Waals surface area contributed by atoms with Gasteiger partial charge in [0, 0.05) is 12.1 Å². The minimum absolute atomic E-state index is 0.0480.